The molecule has 2 aromatic carbocycles. The van der Waals surface area contributed by atoms with Gasteiger partial charge in [-0.2, -0.15) is 0 Å². The molecular weight excluding hydrogens is 432 g/mol. The fourth-order valence-corrected chi connectivity index (χ4v) is 4.30. The molecule has 1 aromatic heterocycles. The van der Waals surface area contributed by atoms with Crippen LogP contribution in [0.3, 0.4) is 0 Å². The third-order valence-corrected chi connectivity index (χ3v) is 6.46. The van der Waals surface area contributed by atoms with Crippen LogP contribution in [-0.4, -0.2) is 34.7 Å². The Bertz CT molecular complexity index is 990. The monoisotopic (exact) mass is 458 g/mol. The fourth-order valence-electron chi connectivity index (χ4n) is 3.16. The number of halogens is 1. The molecule has 1 heterocycles. The summed E-state index contributed by atoms with van der Waals surface area (Å²) in [6.45, 7) is 5.46. The van der Waals surface area contributed by atoms with E-state index in [1.54, 1.807) is 36.4 Å². The first-order valence-corrected chi connectivity index (χ1v) is 12.0. The highest BCUT2D eigenvalue weighted by Gasteiger charge is 2.14. The van der Waals surface area contributed by atoms with Crippen LogP contribution in [0, 0.1) is 0 Å². The average molecular weight is 459 g/mol. The number of hydrogen-bond acceptors (Lipinski definition) is 4. The number of rotatable bonds is 11. The molecule has 5 nitrogen and oxygen atoms in total. The summed E-state index contributed by atoms with van der Waals surface area (Å²) in [6.07, 6.45) is 0.848. The number of amides is 1. The second kappa shape index (κ2) is 11.8. The van der Waals surface area contributed by atoms with Gasteiger partial charge in [0.15, 0.2) is 5.76 Å². The van der Waals surface area contributed by atoms with Crippen LogP contribution in [0.25, 0.3) is 0 Å². The number of benzene rings is 2. The summed E-state index contributed by atoms with van der Waals surface area (Å²) in [5.41, 5.74) is 1.28. The maximum atomic E-state index is 12.4. The first kappa shape index (κ1) is 23.3. The fraction of sp³-hybridized carbons (Fsp3) is 0.292. The lowest BCUT2D eigenvalue weighted by molar-refractivity contribution is 0.0922. The summed E-state index contributed by atoms with van der Waals surface area (Å²) < 4.78 is 18.0. The molecule has 31 heavy (non-hydrogen) atoms. The zero-order valence-corrected chi connectivity index (χ0v) is 19.1. The SMILES string of the molecule is CCN(CCCNC(=O)c1ccc(C[S@@](=O)c2ccc(Cl)cc2)o1)Cc1ccccc1. The van der Waals surface area contributed by atoms with E-state index in [0.717, 1.165) is 26.1 Å². The molecule has 0 radical (unpaired) electrons. The summed E-state index contributed by atoms with van der Waals surface area (Å²) in [5.74, 6) is 0.702. The first-order valence-electron chi connectivity index (χ1n) is 10.3. The predicted octanol–water partition coefficient (Wildman–Crippen LogP) is 4.88. The van der Waals surface area contributed by atoms with Gasteiger partial charge in [0.1, 0.15) is 5.76 Å². The zero-order chi connectivity index (χ0) is 22.1. The van der Waals surface area contributed by atoms with Gasteiger partial charge in [-0.1, -0.05) is 48.9 Å². The third kappa shape index (κ3) is 7.35. The van der Waals surface area contributed by atoms with E-state index in [-0.39, 0.29) is 17.4 Å². The van der Waals surface area contributed by atoms with Crippen molar-refractivity contribution in [3.8, 4) is 0 Å². The maximum absolute atomic E-state index is 12.4. The van der Waals surface area contributed by atoms with E-state index in [0.29, 0.717) is 22.2 Å². The molecular formula is C24H27ClN2O3S. The van der Waals surface area contributed by atoms with E-state index in [9.17, 15) is 9.00 Å². The first-order chi connectivity index (χ1) is 15.0. The van der Waals surface area contributed by atoms with Gasteiger partial charge in [-0.15, -0.1) is 0 Å². The molecule has 0 aliphatic carbocycles. The van der Waals surface area contributed by atoms with Crippen LogP contribution in [0.1, 0.15) is 35.2 Å². The molecule has 1 amide bonds. The highest BCUT2D eigenvalue weighted by Crippen LogP contribution is 2.17. The largest absolute Gasteiger partial charge is 0.455 e. The van der Waals surface area contributed by atoms with Gasteiger partial charge in [0.25, 0.3) is 5.91 Å². The van der Waals surface area contributed by atoms with Gasteiger partial charge in [0, 0.05) is 29.6 Å². The molecule has 0 bridgehead atoms. The molecule has 3 aromatic rings. The van der Waals surface area contributed by atoms with E-state index in [4.69, 9.17) is 16.0 Å². The standard InChI is InChI=1S/C24H27ClN2O3S/c1-2-27(17-19-7-4-3-5-8-19)16-6-15-26-24(28)23-14-11-21(30-23)18-31(29)22-12-9-20(25)10-13-22/h3-5,7-14H,2,6,15-18H2,1H3,(H,26,28)/t31-/m1/s1. The molecule has 0 spiro atoms. The lowest BCUT2D eigenvalue weighted by Gasteiger charge is -2.20. The van der Waals surface area contributed by atoms with Crippen LogP contribution in [-0.2, 0) is 23.1 Å². The Morgan fingerprint density at radius 2 is 1.81 bits per heavy atom. The van der Waals surface area contributed by atoms with Crippen LogP contribution in [0.15, 0.2) is 76.0 Å². The minimum absolute atomic E-state index is 0.208. The van der Waals surface area contributed by atoms with Crippen molar-refractivity contribution in [1.82, 2.24) is 10.2 Å². The topological polar surface area (TPSA) is 62.6 Å². The molecule has 0 fully saturated rings. The Labute approximate surface area is 190 Å². The van der Waals surface area contributed by atoms with Gasteiger partial charge in [-0.25, -0.2) is 0 Å². The Morgan fingerprint density at radius 3 is 2.52 bits per heavy atom. The maximum Gasteiger partial charge on any atom is 0.286 e. The van der Waals surface area contributed by atoms with Crippen LogP contribution >= 0.6 is 11.6 Å². The zero-order valence-electron chi connectivity index (χ0n) is 17.6. The Hall–Kier alpha value is -2.41. The third-order valence-electron chi connectivity index (χ3n) is 4.87. The molecule has 0 unspecified atom stereocenters. The number of carbonyl (C=O) groups excluding carboxylic acids is 1. The predicted molar refractivity (Wildman–Crippen MR) is 125 cm³/mol. The minimum atomic E-state index is -1.26. The second-order valence-electron chi connectivity index (χ2n) is 7.17. The average Bonchev–Trinajstić information content (AvgIpc) is 3.25. The lowest BCUT2D eigenvalue weighted by atomic mass is 10.2. The normalized spacial score (nSPS) is 12.1. The van der Waals surface area contributed by atoms with Crippen molar-refractivity contribution < 1.29 is 13.4 Å². The minimum Gasteiger partial charge on any atom is -0.455 e. The molecule has 3 rings (SSSR count). The van der Waals surface area contributed by atoms with Crippen LogP contribution in [0.4, 0.5) is 0 Å². The highest BCUT2D eigenvalue weighted by atomic mass is 35.5. The highest BCUT2D eigenvalue weighted by molar-refractivity contribution is 7.84. The van der Waals surface area contributed by atoms with Crippen LogP contribution < -0.4 is 5.32 Å². The van der Waals surface area contributed by atoms with Gasteiger partial charge in [-0.05, 0) is 54.9 Å². The van der Waals surface area contributed by atoms with Crippen molar-refractivity contribution in [2.75, 3.05) is 19.6 Å². The van der Waals surface area contributed by atoms with E-state index >= 15 is 0 Å². The van der Waals surface area contributed by atoms with Gasteiger partial charge >= 0.3 is 0 Å². The molecule has 0 aliphatic rings. The van der Waals surface area contributed by atoms with E-state index in [2.05, 4.69) is 29.3 Å². The molecule has 0 saturated heterocycles. The lowest BCUT2D eigenvalue weighted by Crippen LogP contribution is -2.29. The van der Waals surface area contributed by atoms with E-state index in [1.165, 1.54) is 5.56 Å². The Morgan fingerprint density at radius 1 is 1.06 bits per heavy atom. The number of nitrogens with zero attached hydrogens (tertiary/aromatic N) is 1. The Balaban J connectivity index is 1.42. The molecule has 164 valence electrons. The van der Waals surface area contributed by atoms with Crippen LogP contribution in [0.2, 0.25) is 5.02 Å². The van der Waals surface area contributed by atoms with Crippen molar-refractivity contribution in [3.63, 3.8) is 0 Å². The number of nitrogens with one attached hydrogen (secondary N) is 1. The van der Waals surface area contributed by atoms with Crippen molar-refractivity contribution in [3.05, 3.63) is 88.8 Å². The second-order valence-corrected chi connectivity index (χ2v) is 9.06. The summed E-state index contributed by atoms with van der Waals surface area (Å²) in [6, 6.07) is 20.5. The van der Waals surface area contributed by atoms with Crippen molar-refractivity contribution >= 4 is 28.3 Å². The van der Waals surface area contributed by atoms with Crippen molar-refractivity contribution in [2.24, 2.45) is 0 Å². The number of hydrogen-bond donors (Lipinski definition) is 1. The van der Waals surface area contributed by atoms with Gasteiger partial charge in [0.05, 0.1) is 16.6 Å². The van der Waals surface area contributed by atoms with E-state index < -0.39 is 10.8 Å². The summed E-state index contributed by atoms with van der Waals surface area (Å²) in [7, 11) is -1.26. The molecule has 0 saturated carbocycles. The van der Waals surface area contributed by atoms with Crippen molar-refractivity contribution in [2.45, 2.75) is 30.5 Å². The van der Waals surface area contributed by atoms with E-state index in [1.807, 2.05) is 18.2 Å². The summed E-state index contributed by atoms with van der Waals surface area (Å²) in [5, 5.41) is 3.49. The molecule has 0 aliphatic heterocycles. The van der Waals surface area contributed by atoms with Gasteiger partial charge in [-0.3, -0.25) is 13.9 Å². The number of carbonyl (C=O) groups is 1. The quantitative estimate of drug-likeness (QED) is 0.416. The van der Waals surface area contributed by atoms with Crippen LogP contribution in [0.5, 0.6) is 0 Å². The van der Waals surface area contributed by atoms with Crippen molar-refractivity contribution in [1.29, 1.82) is 0 Å². The van der Waals surface area contributed by atoms with Gasteiger partial charge in [0.2, 0.25) is 0 Å². The Kier molecular flexibility index (Phi) is 8.88. The smallest absolute Gasteiger partial charge is 0.286 e. The molecule has 1 N–H and O–H groups in total. The number of furan rings is 1. The van der Waals surface area contributed by atoms with Gasteiger partial charge < -0.3 is 9.73 Å². The molecule has 1 atom stereocenters. The molecule has 7 heteroatoms. The summed E-state index contributed by atoms with van der Waals surface area (Å²) in [4.78, 5) is 15.4. The summed E-state index contributed by atoms with van der Waals surface area (Å²) >= 11 is 5.86.